The molecule has 0 bridgehead atoms. The lowest BCUT2D eigenvalue weighted by molar-refractivity contribution is 0.116. The molecule has 0 aliphatic heterocycles. The van der Waals surface area contributed by atoms with Gasteiger partial charge in [-0.1, -0.05) is 36.8 Å². The summed E-state index contributed by atoms with van der Waals surface area (Å²) in [4.78, 5) is 8.68. The van der Waals surface area contributed by atoms with E-state index in [0.29, 0.717) is 43.7 Å². The maximum absolute atomic E-state index is 12.9. The second kappa shape index (κ2) is 9.60. The van der Waals surface area contributed by atoms with Crippen LogP contribution in [0.5, 0.6) is 0 Å². The van der Waals surface area contributed by atoms with E-state index in [9.17, 15) is 17.2 Å². The van der Waals surface area contributed by atoms with Gasteiger partial charge in [0, 0.05) is 37.8 Å². The third-order valence-corrected chi connectivity index (χ3v) is 8.08. The number of hydrogen-bond acceptors (Lipinski definition) is 7. The molecule has 0 saturated heterocycles. The first kappa shape index (κ1) is 23.4. The Bertz CT molecular complexity index is 1180. The molecule has 0 N–H and O–H groups in total. The van der Waals surface area contributed by atoms with Crippen molar-refractivity contribution >= 4 is 10.0 Å². The average molecular weight is 478 g/mol. The molecule has 1 fully saturated rings. The van der Waals surface area contributed by atoms with Gasteiger partial charge in [-0.2, -0.15) is 8.78 Å². The molecule has 0 radical (unpaired) electrons. The lowest BCUT2D eigenvalue weighted by Gasteiger charge is -2.26. The second-order valence-electron chi connectivity index (χ2n) is 8.14. The summed E-state index contributed by atoms with van der Waals surface area (Å²) in [5, 5.41) is 6.63. The first-order valence-electron chi connectivity index (χ1n) is 10.8. The molecule has 176 valence electrons. The van der Waals surface area contributed by atoms with Gasteiger partial charge in [0.2, 0.25) is 10.0 Å². The Morgan fingerprint density at radius 1 is 1.12 bits per heavy atom. The number of benzene rings is 1. The van der Waals surface area contributed by atoms with E-state index >= 15 is 0 Å². The van der Waals surface area contributed by atoms with Gasteiger partial charge in [0.1, 0.15) is 5.82 Å². The minimum absolute atomic E-state index is 0.0837. The standard InChI is InChI=1S/C22H25F2N5O3S/c1-3-29(33(30,31)18-8-9-18)13-16(15-6-4-14(2)5-7-15)10-19-25-11-17(12-26-19)21-27-28-22(32-21)20(23)24/h4-7,11-12,16,18,20H,3,8-10,13H2,1-2H3. The Morgan fingerprint density at radius 2 is 1.79 bits per heavy atom. The summed E-state index contributed by atoms with van der Waals surface area (Å²) < 4.78 is 57.6. The Morgan fingerprint density at radius 3 is 2.33 bits per heavy atom. The van der Waals surface area contributed by atoms with Gasteiger partial charge in [-0.25, -0.2) is 22.7 Å². The van der Waals surface area contributed by atoms with E-state index in [-0.39, 0.29) is 17.1 Å². The quantitative estimate of drug-likeness (QED) is 0.436. The van der Waals surface area contributed by atoms with Crippen LogP contribution in [0.25, 0.3) is 11.5 Å². The number of nitrogens with zero attached hydrogens (tertiary/aromatic N) is 5. The summed E-state index contributed by atoms with van der Waals surface area (Å²) in [6.07, 6.45) is 1.86. The highest BCUT2D eigenvalue weighted by Gasteiger charge is 2.40. The van der Waals surface area contributed by atoms with E-state index in [1.54, 1.807) is 4.31 Å². The third kappa shape index (κ3) is 5.41. The predicted octanol–water partition coefficient (Wildman–Crippen LogP) is 3.91. The van der Waals surface area contributed by atoms with Crippen LogP contribution < -0.4 is 0 Å². The molecular weight excluding hydrogens is 452 g/mol. The summed E-state index contributed by atoms with van der Waals surface area (Å²) >= 11 is 0. The molecule has 11 heteroatoms. The number of alkyl halides is 2. The topological polar surface area (TPSA) is 102 Å². The number of likely N-dealkylation sites (N-methyl/N-ethyl adjacent to an activating group) is 1. The highest BCUT2D eigenvalue weighted by molar-refractivity contribution is 7.90. The summed E-state index contributed by atoms with van der Waals surface area (Å²) in [7, 11) is -3.33. The zero-order chi connectivity index (χ0) is 23.6. The van der Waals surface area contributed by atoms with E-state index in [0.717, 1.165) is 11.1 Å². The molecule has 2 aromatic heterocycles. The van der Waals surface area contributed by atoms with Crippen molar-refractivity contribution in [3.63, 3.8) is 0 Å². The van der Waals surface area contributed by atoms with Crippen molar-refractivity contribution in [2.45, 2.75) is 50.7 Å². The molecule has 1 aliphatic rings. The van der Waals surface area contributed by atoms with Crippen molar-refractivity contribution in [3.05, 3.63) is 59.5 Å². The molecule has 4 rings (SSSR count). The van der Waals surface area contributed by atoms with Crippen molar-refractivity contribution in [1.82, 2.24) is 24.5 Å². The molecule has 33 heavy (non-hydrogen) atoms. The van der Waals surface area contributed by atoms with E-state index in [4.69, 9.17) is 4.42 Å². The minimum atomic E-state index is -3.33. The third-order valence-electron chi connectivity index (χ3n) is 5.64. The number of aryl methyl sites for hydroxylation is 1. The molecule has 1 aromatic carbocycles. The first-order chi connectivity index (χ1) is 15.8. The van der Waals surface area contributed by atoms with E-state index in [1.165, 1.54) is 12.4 Å². The van der Waals surface area contributed by atoms with Crippen molar-refractivity contribution in [2.24, 2.45) is 0 Å². The molecule has 1 saturated carbocycles. The lowest BCUT2D eigenvalue weighted by atomic mass is 9.94. The van der Waals surface area contributed by atoms with Crippen LogP contribution in [0, 0.1) is 6.92 Å². The number of halogens is 2. The van der Waals surface area contributed by atoms with Gasteiger partial charge in [-0.05, 0) is 25.3 Å². The lowest BCUT2D eigenvalue weighted by Crippen LogP contribution is -2.37. The molecule has 1 aliphatic carbocycles. The monoisotopic (exact) mass is 477 g/mol. The highest BCUT2D eigenvalue weighted by atomic mass is 32.2. The molecule has 2 heterocycles. The van der Waals surface area contributed by atoms with E-state index in [2.05, 4.69) is 20.2 Å². The number of hydrogen-bond donors (Lipinski definition) is 0. The Labute approximate surface area is 191 Å². The molecule has 8 nitrogen and oxygen atoms in total. The zero-order valence-corrected chi connectivity index (χ0v) is 19.2. The smallest absolute Gasteiger partial charge is 0.314 e. The fourth-order valence-corrected chi connectivity index (χ4v) is 5.49. The van der Waals surface area contributed by atoms with Crippen molar-refractivity contribution in [1.29, 1.82) is 0 Å². The van der Waals surface area contributed by atoms with E-state index < -0.39 is 22.3 Å². The second-order valence-corrected chi connectivity index (χ2v) is 10.4. The molecule has 0 amide bonds. The van der Waals surface area contributed by atoms with Crippen LogP contribution in [0.3, 0.4) is 0 Å². The van der Waals surface area contributed by atoms with Crippen LogP contribution in [0.15, 0.2) is 41.1 Å². The molecule has 1 unspecified atom stereocenters. The maximum atomic E-state index is 12.9. The predicted molar refractivity (Wildman–Crippen MR) is 117 cm³/mol. The normalized spacial score (nSPS) is 15.3. The SMILES string of the molecule is CCN(CC(Cc1ncc(-c2nnc(C(F)F)o2)cn1)c1ccc(C)cc1)S(=O)(=O)C1CC1. The van der Waals surface area contributed by atoms with Crippen molar-refractivity contribution in [2.75, 3.05) is 13.1 Å². The van der Waals surface area contributed by atoms with Crippen molar-refractivity contribution < 1.29 is 21.6 Å². The fourth-order valence-electron chi connectivity index (χ4n) is 3.59. The Kier molecular flexibility index (Phi) is 6.80. The minimum Gasteiger partial charge on any atom is -0.415 e. The zero-order valence-electron chi connectivity index (χ0n) is 18.4. The van der Waals surface area contributed by atoms with Crippen LogP contribution >= 0.6 is 0 Å². The van der Waals surface area contributed by atoms with Crippen LogP contribution in [0.4, 0.5) is 8.78 Å². The van der Waals surface area contributed by atoms with Gasteiger partial charge in [-0.3, -0.25) is 0 Å². The van der Waals surface area contributed by atoms with Crippen LogP contribution in [0.1, 0.15) is 55.0 Å². The van der Waals surface area contributed by atoms with Gasteiger partial charge in [-0.15, -0.1) is 10.2 Å². The number of aromatic nitrogens is 4. The van der Waals surface area contributed by atoms with Gasteiger partial charge in [0.15, 0.2) is 0 Å². The molecule has 3 aromatic rings. The summed E-state index contributed by atoms with van der Waals surface area (Å²) in [6.45, 7) is 4.55. The molecule has 1 atom stereocenters. The van der Waals surface area contributed by atoms with Crippen LogP contribution in [0.2, 0.25) is 0 Å². The number of rotatable bonds is 10. The van der Waals surface area contributed by atoms with Gasteiger partial charge in [0.05, 0.1) is 10.8 Å². The summed E-state index contributed by atoms with van der Waals surface area (Å²) in [5.41, 5.74) is 2.44. The summed E-state index contributed by atoms with van der Waals surface area (Å²) in [6, 6.07) is 7.98. The average Bonchev–Trinajstić information content (AvgIpc) is 3.55. The van der Waals surface area contributed by atoms with Crippen molar-refractivity contribution in [3.8, 4) is 11.5 Å². The van der Waals surface area contributed by atoms with Crippen LogP contribution in [-0.4, -0.2) is 51.2 Å². The van der Waals surface area contributed by atoms with Gasteiger partial charge in [0.25, 0.3) is 11.8 Å². The van der Waals surface area contributed by atoms with Gasteiger partial charge < -0.3 is 4.42 Å². The highest BCUT2D eigenvalue weighted by Crippen LogP contribution is 2.33. The van der Waals surface area contributed by atoms with Gasteiger partial charge >= 0.3 is 6.43 Å². The Hall–Kier alpha value is -2.79. The Balaban J connectivity index is 1.56. The van der Waals surface area contributed by atoms with Crippen LogP contribution in [-0.2, 0) is 16.4 Å². The molecule has 0 spiro atoms. The van der Waals surface area contributed by atoms with E-state index in [1.807, 2.05) is 38.1 Å². The first-order valence-corrected chi connectivity index (χ1v) is 12.3. The fraction of sp³-hybridized carbons (Fsp3) is 0.455. The number of sulfonamides is 1. The summed E-state index contributed by atoms with van der Waals surface area (Å²) in [5.74, 6) is -0.499. The molecular formula is C22H25F2N5O3S. The maximum Gasteiger partial charge on any atom is 0.314 e. The largest absolute Gasteiger partial charge is 0.415 e.